The van der Waals surface area contributed by atoms with Crippen LogP contribution in [0, 0.1) is 0 Å². The molecule has 0 radical (unpaired) electrons. The molecule has 0 aliphatic heterocycles. The van der Waals surface area contributed by atoms with Crippen LogP contribution in [0.25, 0.3) is 0 Å². The van der Waals surface area contributed by atoms with Gasteiger partial charge in [0.1, 0.15) is 0 Å². The lowest BCUT2D eigenvalue weighted by molar-refractivity contribution is 0.164. The van der Waals surface area contributed by atoms with Crippen LogP contribution in [0.3, 0.4) is 0 Å². The van der Waals surface area contributed by atoms with Crippen LogP contribution in [0.5, 0.6) is 0 Å². The molecule has 2 atom stereocenters. The molecule has 43 heavy (non-hydrogen) atoms. The molecule has 2 unspecified atom stereocenters. The Balaban J connectivity index is 0. The first-order chi connectivity index (χ1) is 18.7. The van der Waals surface area contributed by atoms with E-state index in [2.05, 4.69) is 118 Å². The van der Waals surface area contributed by atoms with Crippen LogP contribution in [0.2, 0.25) is 111 Å². The average Bonchev–Trinajstić information content (AvgIpc) is 2.64. The van der Waals surface area contributed by atoms with Crippen molar-refractivity contribution < 1.29 is 35.5 Å². The highest BCUT2D eigenvalue weighted by Gasteiger charge is 2.57. The lowest BCUT2D eigenvalue weighted by Gasteiger charge is -2.44. The van der Waals surface area contributed by atoms with Gasteiger partial charge < -0.3 is 35.5 Å². The van der Waals surface area contributed by atoms with Gasteiger partial charge in [-0.3, -0.25) is 0 Å². The molecule has 0 spiro atoms. The lowest BCUT2D eigenvalue weighted by Crippen LogP contribution is -2.71. The highest BCUT2D eigenvalue weighted by molar-refractivity contribution is 7.36. The molecule has 0 aromatic rings. The molecule has 0 saturated heterocycles. The molecule has 0 fully saturated rings. The molecular weight excluding hydrogens is 677 g/mol. The number of hydrogen-bond donors (Lipinski definition) is 2. The second kappa shape index (κ2) is 17.3. The van der Waals surface area contributed by atoms with E-state index >= 15 is 0 Å². The zero-order valence-electron chi connectivity index (χ0n) is 31.3. The Labute approximate surface area is 274 Å². The highest BCUT2D eigenvalue weighted by atomic mass is 29.3. The van der Waals surface area contributed by atoms with Crippen molar-refractivity contribution in [3.63, 3.8) is 0 Å². The summed E-state index contributed by atoms with van der Waals surface area (Å²) in [4.78, 5) is 22.7. The van der Waals surface area contributed by atoms with E-state index in [9.17, 15) is 9.59 Å². The zero-order valence-corrected chi connectivity index (χ0v) is 39.3. The molecule has 258 valence electrons. The number of ether oxygens (including phenoxy) is 2. The first-order valence-corrected chi connectivity index (χ1v) is 40.9. The van der Waals surface area contributed by atoms with E-state index < -0.39 is 65.1 Å². The Morgan fingerprint density at radius 1 is 0.488 bits per heavy atom. The smallest absolute Gasteiger partial charge is 0.361 e. The Morgan fingerprint density at radius 2 is 0.791 bits per heavy atom. The van der Waals surface area contributed by atoms with Gasteiger partial charge in [0.2, 0.25) is 15.7 Å². The minimum absolute atomic E-state index is 0.272. The maximum absolute atomic E-state index is 11.4. The van der Waals surface area contributed by atoms with Gasteiger partial charge in [0.05, 0.1) is 19.4 Å². The predicted molar refractivity (Wildman–Crippen MR) is 205 cm³/mol. The van der Waals surface area contributed by atoms with Crippen molar-refractivity contribution in [1.29, 1.82) is 0 Å². The molecule has 16 heteroatoms. The van der Waals surface area contributed by atoms with Crippen LogP contribution in [0.15, 0.2) is 24.3 Å². The number of rotatable bonds is 19. The fourth-order valence-corrected chi connectivity index (χ4v) is 52.1. The van der Waals surface area contributed by atoms with Gasteiger partial charge in [0, 0.05) is 12.7 Å². The van der Waals surface area contributed by atoms with Gasteiger partial charge in [0.25, 0.3) is 0 Å². The monoisotopic (exact) mass is 746 g/mol. The van der Waals surface area contributed by atoms with Gasteiger partial charge in [-0.2, -0.15) is 0 Å². The van der Waals surface area contributed by atoms with Gasteiger partial charge in [-0.15, -0.1) is 0 Å². The van der Waals surface area contributed by atoms with E-state index in [0.717, 1.165) is 11.1 Å². The van der Waals surface area contributed by atoms with Gasteiger partial charge in [-0.05, 0) is 119 Å². The topological polar surface area (TPSA) is 95.8 Å². The van der Waals surface area contributed by atoms with Gasteiger partial charge in [-0.25, -0.2) is 0 Å². The molecule has 0 aliphatic rings. The summed E-state index contributed by atoms with van der Waals surface area (Å²) in [5, 5.41) is 0. The first kappa shape index (κ1) is 46.0. The molecule has 0 aromatic carbocycles. The summed E-state index contributed by atoms with van der Waals surface area (Å²) in [5.74, 6) is 0. The van der Waals surface area contributed by atoms with Crippen molar-refractivity contribution in [3.8, 4) is 0 Å². The maximum atomic E-state index is 11.4. The lowest BCUT2D eigenvalue weighted by atomic mass is 10.4. The predicted octanol–water partition coefficient (Wildman–Crippen LogP) is 7.54. The Kier molecular flexibility index (Phi) is 18.6. The summed E-state index contributed by atoms with van der Waals surface area (Å²) < 4.78 is 36.7. The van der Waals surface area contributed by atoms with Crippen LogP contribution in [0.4, 0.5) is 0 Å². The summed E-state index contributed by atoms with van der Waals surface area (Å²) in [6.45, 7) is 47.0. The molecule has 8 nitrogen and oxygen atoms in total. The van der Waals surface area contributed by atoms with Crippen molar-refractivity contribution in [3.05, 3.63) is 24.3 Å². The molecule has 0 rings (SSSR count). The fourth-order valence-electron chi connectivity index (χ4n) is 4.33. The maximum Gasteiger partial charge on any atom is 0.361 e. The normalized spacial score (nSPS) is 16.6. The third-order valence-electron chi connectivity index (χ3n) is 5.53. The Hall–Kier alpha value is 0.895. The minimum atomic E-state index is -3.04. The summed E-state index contributed by atoms with van der Waals surface area (Å²) in [6, 6.07) is 0.578. The molecule has 2 N–H and O–H groups in total. The van der Waals surface area contributed by atoms with Crippen LogP contribution < -0.4 is 0 Å². The quantitative estimate of drug-likeness (QED) is 0.0796. The van der Waals surface area contributed by atoms with E-state index in [1.54, 1.807) is 0 Å². The molecule has 0 amide bonds. The largest absolute Gasteiger partial charge is 0.454 e. The van der Waals surface area contributed by atoms with E-state index in [1.165, 1.54) is 0 Å². The van der Waals surface area contributed by atoms with Crippen LogP contribution in [-0.2, 0) is 25.9 Å². The standard InChI is InChI=1S/C14H36O4Si4.C13H34O4Si4/c1-14(2)13-16-11-12-22(15,18-20(6,7)8)21(9,10)17-19(3,4)5;1-13(2)11-15-12-21(14,17-19(6,7)8)20(9,10)16-18(3,4)5/h15H,1,11-13H2,2-10H3;14H,1,11-12H2,2-10H3. The van der Waals surface area contributed by atoms with Crippen LogP contribution in [-0.4, -0.2) is 101 Å². The van der Waals surface area contributed by atoms with Crippen molar-refractivity contribution in [2.45, 2.75) is 125 Å². The van der Waals surface area contributed by atoms with E-state index in [1.807, 2.05) is 13.8 Å². The minimum Gasteiger partial charge on any atom is -0.454 e. The fraction of sp³-hybridized carbons (Fsp3) is 0.852. The summed E-state index contributed by atoms with van der Waals surface area (Å²) in [7, 11) is -17.8. The van der Waals surface area contributed by atoms with Crippen molar-refractivity contribution >= 4 is 65.1 Å². The van der Waals surface area contributed by atoms with Crippen molar-refractivity contribution in [2.24, 2.45) is 0 Å². The molecular formula is C27H70O8Si8. The van der Waals surface area contributed by atoms with Crippen molar-refractivity contribution in [1.82, 2.24) is 0 Å². The summed E-state index contributed by atoms with van der Waals surface area (Å²) >= 11 is 0. The van der Waals surface area contributed by atoms with Crippen LogP contribution in [0.1, 0.15) is 13.8 Å². The third kappa shape index (κ3) is 21.4. The molecule has 0 aromatic heterocycles. The molecule has 0 aliphatic carbocycles. The second-order valence-electron chi connectivity index (χ2n) is 16.7. The molecule has 0 saturated carbocycles. The van der Waals surface area contributed by atoms with E-state index in [0.29, 0.717) is 25.9 Å². The zero-order chi connectivity index (χ0) is 34.9. The molecule has 0 bridgehead atoms. The SMILES string of the molecule is C=C(C)COCC[Si](O)(O[Si](C)(C)C)[Si](C)(C)O[Si](C)(C)C.C=C(C)COC[Si](O)(O[Si](C)(C)C)[Si](C)(C)O[Si](C)(C)C. The van der Waals surface area contributed by atoms with Gasteiger partial charge in [-0.1, -0.05) is 24.3 Å². The summed E-state index contributed by atoms with van der Waals surface area (Å²) in [6.07, 6.45) is 0.272. The number of hydrogen-bond acceptors (Lipinski definition) is 8. The average molecular weight is 748 g/mol. The Morgan fingerprint density at radius 3 is 1.12 bits per heavy atom. The van der Waals surface area contributed by atoms with Gasteiger partial charge >= 0.3 is 16.2 Å². The third-order valence-corrected chi connectivity index (χ3v) is 43.5. The second-order valence-corrected chi connectivity index (χ2v) is 58.7. The highest BCUT2D eigenvalue weighted by Crippen LogP contribution is 2.30. The van der Waals surface area contributed by atoms with E-state index in [-0.39, 0.29) is 6.23 Å². The van der Waals surface area contributed by atoms with E-state index in [4.69, 9.17) is 25.9 Å². The summed E-state index contributed by atoms with van der Waals surface area (Å²) in [5.41, 5.74) is 1.94. The molecule has 0 heterocycles. The van der Waals surface area contributed by atoms with Gasteiger partial charge in [0.15, 0.2) is 33.3 Å². The first-order valence-electron chi connectivity index (χ1n) is 15.4. The van der Waals surface area contributed by atoms with Crippen LogP contribution >= 0.6 is 0 Å². The Bertz CT molecular complexity index is 876. The van der Waals surface area contributed by atoms with Crippen molar-refractivity contribution in [2.75, 3.05) is 26.1 Å².